The van der Waals surface area contributed by atoms with E-state index in [1.807, 2.05) is 33.9 Å². The van der Waals surface area contributed by atoms with E-state index in [1.165, 1.54) is 0 Å². The van der Waals surface area contributed by atoms with E-state index in [0.29, 0.717) is 19.7 Å². The zero-order chi connectivity index (χ0) is 17.9. The largest absolute Gasteiger partial charge is 0.444 e. The van der Waals surface area contributed by atoms with Crippen LogP contribution < -0.4 is 4.90 Å². The molecule has 1 aromatic rings. The molecule has 24 heavy (non-hydrogen) atoms. The Balaban J connectivity index is 2.13. The van der Waals surface area contributed by atoms with Crippen molar-refractivity contribution in [1.82, 2.24) is 9.88 Å². The van der Waals surface area contributed by atoms with Gasteiger partial charge in [0.1, 0.15) is 11.4 Å². The van der Waals surface area contributed by atoms with Gasteiger partial charge in [0.15, 0.2) is 0 Å². The summed E-state index contributed by atoms with van der Waals surface area (Å²) in [6.45, 7) is 12.2. The topological polar surface area (TPSA) is 54.9 Å². The Morgan fingerprint density at radius 1 is 1.33 bits per heavy atom. The number of carbonyl (C=O) groups is 1. The van der Waals surface area contributed by atoms with Crippen molar-refractivity contribution < 1.29 is 14.3 Å². The average molecular weight is 335 g/mol. The molecule has 1 aromatic heterocycles. The highest BCUT2D eigenvalue weighted by Crippen LogP contribution is 2.23. The normalized spacial score (nSPS) is 18.7. The average Bonchev–Trinajstić information content (AvgIpc) is 2.45. The first kappa shape index (κ1) is 18.5. The van der Waals surface area contributed by atoms with Crippen LogP contribution >= 0.6 is 0 Å². The van der Waals surface area contributed by atoms with Crippen molar-refractivity contribution in [3.8, 4) is 0 Å². The summed E-state index contributed by atoms with van der Waals surface area (Å²) >= 11 is 0. The van der Waals surface area contributed by atoms with E-state index in [9.17, 15) is 4.79 Å². The van der Waals surface area contributed by atoms with E-state index >= 15 is 0 Å². The predicted molar refractivity (Wildman–Crippen MR) is 94.5 cm³/mol. The van der Waals surface area contributed by atoms with Gasteiger partial charge in [-0.05, 0) is 45.7 Å². The monoisotopic (exact) mass is 335 g/mol. The fourth-order valence-electron chi connectivity index (χ4n) is 2.98. The second-order valence-electron chi connectivity index (χ2n) is 7.38. The molecule has 0 N–H and O–H groups in total. The van der Waals surface area contributed by atoms with Crippen LogP contribution in [0.15, 0.2) is 12.3 Å². The van der Waals surface area contributed by atoms with Crippen molar-refractivity contribution in [3.63, 3.8) is 0 Å². The summed E-state index contributed by atoms with van der Waals surface area (Å²) < 4.78 is 10.9. The number of aromatic nitrogens is 1. The minimum atomic E-state index is -0.499. The third-order valence-electron chi connectivity index (χ3n) is 3.96. The molecule has 1 fully saturated rings. The van der Waals surface area contributed by atoms with Gasteiger partial charge in [-0.15, -0.1) is 0 Å². The molecule has 1 amide bonds. The number of methoxy groups -OCH3 is 1. The quantitative estimate of drug-likeness (QED) is 0.850. The maximum atomic E-state index is 12.5. The third kappa shape index (κ3) is 4.60. The van der Waals surface area contributed by atoms with Crippen LogP contribution in [0, 0.1) is 13.8 Å². The van der Waals surface area contributed by atoms with Crippen molar-refractivity contribution in [1.29, 1.82) is 0 Å². The van der Waals surface area contributed by atoms with E-state index < -0.39 is 5.60 Å². The summed E-state index contributed by atoms with van der Waals surface area (Å²) in [5.41, 5.74) is 1.80. The number of rotatable bonds is 3. The van der Waals surface area contributed by atoms with E-state index in [0.717, 1.165) is 23.5 Å². The molecule has 0 bridgehead atoms. The smallest absolute Gasteiger partial charge is 0.410 e. The molecule has 0 spiro atoms. The van der Waals surface area contributed by atoms with Gasteiger partial charge >= 0.3 is 6.09 Å². The minimum absolute atomic E-state index is 0.0545. The zero-order valence-corrected chi connectivity index (χ0v) is 15.6. The number of anilines is 1. The highest BCUT2D eigenvalue weighted by atomic mass is 16.6. The Hall–Kier alpha value is -1.82. The first-order valence-corrected chi connectivity index (χ1v) is 8.38. The summed E-state index contributed by atoms with van der Waals surface area (Å²) in [7, 11) is 1.65. The Morgan fingerprint density at radius 3 is 2.62 bits per heavy atom. The number of pyridine rings is 1. The molecule has 0 aromatic carbocycles. The van der Waals surface area contributed by atoms with Gasteiger partial charge in [0, 0.05) is 32.9 Å². The number of amides is 1. The van der Waals surface area contributed by atoms with Gasteiger partial charge in [-0.25, -0.2) is 9.78 Å². The van der Waals surface area contributed by atoms with Crippen LogP contribution in [0.4, 0.5) is 10.6 Å². The van der Waals surface area contributed by atoms with E-state index in [1.54, 1.807) is 12.0 Å². The third-order valence-corrected chi connectivity index (χ3v) is 3.96. The first-order valence-electron chi connectivity index (χ1n) is 8.38. The number of nitrogens with zero attached hydrogens (tertiary/aromatic N) is 3. The lowest BCUT2D eigenvalue weighted by atomic mass is 10.1. The zero-order valence-electron chi connectivity index (χ0n) is 15.6. The van der Waals surface area contributed by atoms with Crippen LogP contribution in [-0.2, 0) is 9.47 Å². The number of piperazine rings is 1. The molecule has 134 valence electrons. The van der Waals surface area contributed by atoms with Gasteiger partial charge in [0.25, 0.3) is 0 Å². The van der Waals surface area contributed by atoms with Crippen LogP contribution in [0.1, 0.15) is 31.9 Å². The number of aryl methyl sites for hydroxylation is 2. The highest BCUT2D eigenvalue weighted by Gasteiger charge is 2.34. The first-order chi connectivity index (χ1) is 11.2. The molecular weight excluding hydrogens is 306 g/mol. The molecule has 2 rings (SSSR count). The highest BCUT2D eigenvalue weighted by molar-refractivity contribution is 5.69. The summed E-state index contributed by atoms with van der Waals surface area (Å²) in [5, 5.41) is 0. The van der Waals surface area contributed by atoms with Gasteiger partial charge < -0.3 is 14.4 Å². The van der Waals surface area contributed by atoms with Gasteiger partial charge in [-0.3, -0.25) is 4.90 Å². The maximum absolute atomic E-state index is 12.5. The Bertz CT molecular complexity index is 583. The molecule has 6 heteroatoms. The van der Waals surface area contributed by atoms with Gasteiger partial charge in [0.2, 0.25) is 0 Å². The second kappa shape index (κ2) is 7.38. The second-order valence-corrected chi connectivity index (χ2v) is 7.38. The van der Waals surface area contributed by atoms with Gasteiger partial charge in [-0.2, -0.15) is 0 Å². The van der Waals surface area contributed by atoms with Crippen molar-refractivity contribution in [2.45, 2.75) is 46.3 Å². The lowest BCUT2D eigenvalue weighted by Gasteiger charge is -2.42. The molecule has 1 saturated heterocycles. The van der Waals surface area contributed by atoms with E-state index in [2.05, 4.69) is 22.9 Å². The lowest BCUT2D eigenvalue weighted by Crippen LogP contribution is -2.58. The summed E-state index contributed by atoms with van der Waals surface area (Å²) in [6.07, 6.45) is 1.60. The van der Waals surface area contributed by atoms with Crippen LogP contribution in [0.3, 0.4) is 0 Å². The van der Waals surface area contributed by atoms with E-state index in [-0.39, 0.29) is 12.1 Å². The molecule has 0 aliphatic carbocycles. The number of hydrogen-bond donors (Lipinski definition) is 0. The molecule has 0 saturated carbocycles. The minimum Gasteiger partial charge on any atom is -0.444 e. The molecule has 2 heterocycles. The summed E-state index contributed by atoms with van der Waals surface area (Å²) in [6, 6.07) is 2.08. The number of ether oxygens (including phenoxy) is 2. The maximum Gasteiger partial charge on any atom is 0.410 e. The lowest BCUT2D eigenvalue weighted by molar-refractivity contribution is 0.00338. The number of carbonyl (C=O) groups excluding carboxylic acids is 1. The Labute approximate surface area is 144 Å². The van der Waals surface area contributed by atoms with Gasteiger partial charge in [-0.1, -0.05) is 6.07 Å². The predicted octanol–water partition coefficient (Wildman–Crippen LogP) is 2.77. The summed E-state index contributed by atoms with van der Waals surface area (Å²) in [4.78, 5) is 21.0. The molecule has 1 atom stereocenters. The van der Waals surface area contributed by atoms with Crippen molar-refractivity contribution in [2.24, 2.45) is 0 Å². The molecule has 0 radical (unpaired) electrons. The van der Waals surface area contributed by atoms with Crippen molar-refractivity contribution >= 4 is 11.9 Å². The van der Waals surface area contributed by atoms with Crippen LogP contribution in [0.5, 0.6) is 0 Å². The van der Waals surface area contributed by atoms with Crippen LogP contribution in [-0.4, -0.2) is 61.0 Å². The Morgan fingerprint density at radius 2 is 2.04 bits per heavy atom. The Kier molecular flexibility index (Phi) is 5.70. The van der Waals surface area contributed by atoms with Crippen LogP contribution in [0.25, 0.3) is 0 Å². The number of hydrogen-bond acceptors (Lipinski definition) is 5. The fraction of sp³-hybridized carbons (Fsp3) is 0.667. The summed E-state index contributed by atoms with van der Waals surface area (Å²) in [5.74, 6) is 0.977. The van der Waals surface area contributed by atoms with Crippen LogP contribution in [0.2, 0.25) is 0 Å². The van der Waals surface area contributed by atoms with Crippen molar-refractivity contribution in [3.05, 3.63) is 23.4 Å². The molecule has 6 nitrogen and oxygen atoms in total. The fourth-order valence-corrected chi connectivity index (χ4v) is 2.98. The SMILES string of the molecule is COC[C@@H]1CN(c2ncc(C)cc2C)CCN1C(=O)OC(C)(C)C. The molecule has 0 unspecified atom stereocenters. The molecule has 1 aliphatic heterocycles. The van der Waals surface area contributed by atoms with Crippen molar-refractivity contribution in [2.75, 3.05) is 38.3 Å². The molecule has 1 aliphatic rings. The molecular formula is C18H29N3O3. The standard InChI is InChI=1S/C18H29N3O3/c1-13-9-14(2)16(19-10-13)20-7-8-21(15(11-20)12-23-6)17(22)24-18(3,4)5/h9-10,15H,7-8,11-12H2,1-6H3/t15-/m0/s1. The van der Waals surface area contributed by atoms with Gasteiger partial charge in [0.05, 0.1) is 12.6 Å². The van der Waals surface area contributed by atoms with E-state index in [4.69, 9.17) is 9.47 Å².